The number of para-hydroxylation sites is 4. The van der Waals surface area contributed by atoms with Crippen LogP contribution in [-0.4, -0.2) is 9.13 Å². The number of hydrogen-bond acceptors (Lipinski definition) is 0. The number of allylic oxidation sites excluding steroid dienone is 4. The van der Waals surface area contributed by atoms with Crippen molar-refractivity contribution in [3.63, 3.8) is 0 Å². The molecule has 56 heavy (non-hydrogen) atoms. The van der Waals surface area contributed by atoms with Crippen LogP contribution in [0.15, 0.2) is 170 Å². The van der Waals surface area contributed by atoms with Gasteiger partial charge in [0.05, 0.1) is 22.1 Å². The highest BCUT2D eigenvalue weighted by molar-refractivity contribution is 6.11. The second-order valence-electron chi connectivity index (χ2n) is 17.3. The first-order chi connectivity index (χ1) is 27.3. The maximum absolute atomic E-state index is 2.60. The van der Waals surface area contributed by atoms with Crippen molar-refractivity contribution >= 4 is 49.3 Å². The van der Waals surface area contributed by atoms with Gasteiger partial charge in [0.2, 0.25) is 0 Å². The standard InChI is InChI=1S/C54H42N2/c1-53(2)44-28-26-34(55-46-22-12-8-18-36(46)37-19-9-13-23-47(37)55)30-41(44)42-32-40(33-16-6-5-7-17-33)50-43-31-35(27-29-45(43)54(3,4)52(50)51(42)53)56-48-24-14-10-20-38(48)39-21-11-15-25-49(39)56/h5-32,43,45H,1-4H3. The van der Waals surface area contributed by atoms with Crippen molar-refractivity contribution in [1.29, 1.82) is 0 Å². The van der Waals surface area contributed by atoms with Gasteiger partial charge in [-0.1, -0.05) is 149 Å². The number of aromatic nitrogens is 2. The molecule has 0 fully saturated rings. The molecular weight excluding hydrogens is 677 g/mol. The minimum Gasteiger partial charge on any atom is -0.310 e. The summed E-state index contributed by atoms with van der Waals surface area (Å²) in [5.41, 5.74) is 18.5. The van der Waals surface area contributed by atoms with Gasteiger partial charge in [0.1, 0.15) is 0 Å². The van der Waals surface area contributed by atoms with Crippen molar-refractivity contribution in [3.8, 4) is 27.9 Å². The fraction of sp³-hybridized carbons (Fsp3) is 0.148. The van der Waals surface area contributed by atoms with Crippen molar-refractivity contribution in [2.75, 3.05) is 0 Å². The van der Waals surface area contributed by atoms with Crippen LogP contribution in [0.1, 0.15) is 55.9 Å². The fourth-order valence-electron chi connectivity index (χ4n) is 11.3. The lowest BCUT2D eigenvalue weighted by atomic mass is 9.70. The zero-order valence-corrected chi connectivity index (χ0v) is 32.2. The minimum absolute atomic E-state index is 0.0940. The van der Waals surface area contributed by atoms with Gasteiger partial charge in [-0.25, -0.2) is 0 Å². The zero-order valence-electron chi connectivity index (χ0n) is 32.2. The van der Waals surface area contributed by atoms with Gasteiger partial charge in [0.25, 0.3) is 0 Å². The van der Waals surface area contributed by atoms with Crippen LogP contribution >= 0.6 is 0 Å². The Morgan fingerprint density at radius 2 is 1.02 bits per heavy atom. The molecule has 268 valence electrons. The van der Waals surface area contributed by atoms with E-state index in [1.54, 1.807) is 0 Å². The van der Waals surface area contributed by atoms with Crippen LogP contribution in [-0.2, 0) is 10.8 Å². The average molecular weight is 719 g/mol. The van der Waals surface area contributed by atoms with Gasteiger partial charge in [-0.15, -0.1) is 0 Å². The molecule has 0 N–H and O–H groups in total. The third-order valence-corrected chi connectivity index (χ3v) is 13.7. The molecule has 0 spiro atoms. The number of hydrogen-bond donors (Lipinski definition) is 0. The molecule has 0 saturated heterocycles. The summed E-state index contributed by atoms with van der Waals surface area (Å²) >= 11 is 0. The first-order valence-electron chi connectivity index (χ1n) is 20.1. The summed E-state index contributed by atoms with van der Waals surface area (Å²) in [6.45, 7) is 9.95. The molecule has 3 aliphatic rings. The van der Waals surface area contributed by atoms with Gasteiger partial charge in [0, 0.05) is 44.3 Å². The summed E-state index contributed by atoms with van der Waals surface area (Å²) in [5.74, 6) is 0.559. The van der Waals surface area contributed by atoms with Crippen LogP contribution in [0.4, 0.5) is 0 Å². The molecule has 3 aliphatic carbocycles. The maximum Gasteiger partial charge on any atom is 0.0541 e. The predicted octanol–water partition coefficient (Wildman–Crippen LogP) is 14.0. The molecule has 2 nitrogen and oxygen atoms in total. The molecule has 2 heteroatoms. The molecule has 0 radical (unpaired) electrons. The normalized spacial score (nSPS) is 18.7. The Bertz CT molecular complexity index is 3090. The van der Waals surface area contributed by atoms with Gasteiger partial charge in [0.15, 0.2) is 0 Å². The highest BCUT2D eigenvalue weighted by atomic mass is 15.0. The second-order valence-corrected chi connectivity index (χ2v) is 17.3. The summed E-state index contributed by atoms with van der Waals surface area (Å²) in [6, 6.07) is 56.4. The van der Waals surface area contributed by atoms with Gasteiger partial charge >= 0.3 is 0 Å². The maximum atomic E-state index is 2.60. The smallest absolute Gasteiger partial charge is 0.0541 e. The molecule has 2 unspecified atom stereocenters. The Kier molecular flexibility index (Phi) is 6.33. The highest BCUT2D eigenvalue weighted by Gasteiger charge is 2.52. The Labute approximate surface area is 327 Å². The van der Waals surface area contributed by atoms with Crippen LogP contribution in [0.2, 0.25) is 0 Å². The number of fused-ring (bicyclic) bond motifs is 13. The molecule has 0 aliphatic heterocycles. The number of benzene rings is 7. The van der Waals surface area contributed by atoms with Gasteiger partial charge in [-0.05, 0) is 104 Å². The molecule has 0 saturated carbocycles. The van der Waals surface area contributed by atoms with E-state index in [0.717, 1.165) is 0 Å². The lowest BCUT2D eigenvalue weighted by Gasteiger charge is -2.34. The highest BCUT2D eigenvalue weighted by Crippen LogP contribution is 2.63. The summed E-state index contributed by atoms with van der Waals surface area (Å²) in [5, 5.41) is 5.18. The Balaban J connectivity index is 1.12. The van der Waals surface area contributed by atoms with E-state index in [1.165, 1.54) is 99.5 Å². The minimum atomic E-state index is -0.169. The van der Waals surface area contributed by atoms with E-state index in [-0.39, 0.29) is 16.7 Å². The molecule has 2 aromatic heterocycles. The summed E-state index contributed by atoms with van der Waals surface area (Å²) < 4.78 is 4.96. The van der Waals surface area contributed by atoms with Crippen LogP contribution in [0.3, 0.4) is 0 Å². The fourth-order valence-corrected chi connectivity index (χ4v) is 11.3. The van der Waals surface area contributed by atoms with E-state index < -0.39 is 0 Å². The summed E-state index contributed by atoms with van der Waals surface area (Å²) in [6.07, 6.45) is 7.56. The zero-order chi connectivity index (χ0) is 37.5. The Morgan fingerprint density at radius 1 is 0.482 bits per heavy atom. The van der Waals surface area contributed by atoms with E-state index in [0.29, 0.717) is 5.92 Å². The van der Waals surface area contributed by atoms with Gasteiger partial charge < -0.3 is 9.13 Å². The third kappa shape index (κ3) is 4.06. The van der Waals surface area contributed by atoms with Crippen LogP contribution < -0.4 is 0 Å². The van der Waals surface area contributed by atoms with Crippen LogP contribution in [0, 0.1) is 5.92 Å². The van der Waals surface area contributed by atoms with E-state index in [1.807, 2.05) is 0 Å². The molecule has 2 heterocycles. The van der Waals surface area contributed by atoms with Crippen molar-refractivity contribution in [2.24, 2.45) is 5.92 Å². The lowest BCUT2D eigenvalue weighted by Crippen LogP contribution is -2.28. The van der Waals surface area contributed by atoms with E-state index in [4.69, 9.17) is 0 Å². The van der Waals surface area contributed by atoms with E-state index in [9.17, 15) is 0 Å². The first-order valence-corrected chi connectivity index (χ1v) is 20.1. The van der Waals surface area contributed by atoms with Crippen molar-refractivity contribution < 1.29 is 0 Å². The van der Waals surface area contributed by atoms with Crippen molar-refractivity contribution in [1.82, 2.24) is 9.13 Å². The first kappa shape index (κ1) is 31.9. The molecule has 7 aromatic carbocycles. The van der Waals surface area contributed by atoms with Crippen LogP contribution in [0.5, 0.6) is 0 Å². The van der Waals surface area contributed by atoms with Crippen LogP contribution in [0.25, 0.3) is 77.2 Å². The SMILES string of the molecule is CC1(C)c2ccc(-n3c4ccccc4c4ccccc43)cc2-c2cc(-c3ccccc3)c3c(c21)C(C)(C)C1C=CC(n2c4ccccc4c4ccccc42)=CC31. The monoisotopic (exact) mass is 718 g/mol. The number of rotatable bonds is 3. The largest absolute Gasteiger partial charge is 0.310 e. The van der Waals surface area contributed by atoms with Gasteiger partial charge in [-0.2, -0.15) is 0 Å². The molecular formula is C54H42N2. The van der Waals surface area contributed by atoms with Crippen molar-refractivity contribution in [2.45, 2.75) is 44.4 Å². The quantitative estimate of drug-likeness (QED) is 0.172. The topological polar surface area (TPSA) is 9.86 Å². The average Bonchev–Trinajstić information content (AvgIpc) is 3.89. The number of nitrogens with zero attached hydrogens (tertiary/aromatic N) is 2. The summed E-state index contributed by atoms with van der Waals surface area (Å²) in [7, 11) is 0. The van der Waals surface area contributed by atoms with E-state index in [2.05, 4.69) is 207 Å². The second kappa shape index (κ2) is 11.1. The van der Waals surface area contributed by atoms with Crippen molar-refractivity contribution in [3.05, 3.63) is 192 Å². The van der Waals surface area contributed by atoms with E-state index >= 15 is 0 Å². The van der Waals surface area contributed by atoms with Gasteiger partial charge in [-0.3, -0.25) is 0 Å². The Hall–Kier alpha value is -6.38. The molecule has 0 bridgehead atoms. The lowest BCUT2D eigenvalue weighted by molar-refractivity contribution is 0.390. The predicted molar refractivity (Wildman–Crippen MR) is 236 cm³/mol. The Morgan fingerprint density at radius 3 is 1.61 bits per heavy atom. The summed E-state index contributed by atoms with van der Waals surface area (Å²) in [4.78, 5) is 0. The molecule has 0 amide bonds. The molecule has 9 aromatic rings. The molecule has 2 atom stereocenters. The molecule has 12 rings (SSSR count). The third-order valence-electron chi connectivity index (χ3n) is 13.7.